The Morgan fingerprint density at radius 3 is 1.75 bits per heavy atom. The fourth-order valence-corrected chi connectivity index (χ4v) is 10.3. The molecule has 5 nitrogen and oxygen atoms in total. The molecule has 4 heterocycles. The predicted octanol–water partition coefficient (Wildman–Crippen LogP) is 16.4. The van der Waals surface area contributed by atoms with Crippen molar-refractivity contribution in [2.75, 3.05) is 13.2 Å². The Morgan fingerprint density at radius 1 is 0.714 bits per heavy atom. The van der Waals surface area contributed by atoms with Gasteiger partial charge in [0, 0.05) is 21.6 Å². The molecule has 1 aromatic carbocycles. The number of fused-ring (bicyclic) bond motifs is 3. The van der Waals surface area contributed by atoms with Crippen molar-refractivity contribution in [3.8, 4) is 22.1 Å². The highest BCUT2D eigenvalue weighted by Crippen LogP contribution is 2.53. The van der Waals surface area contributed by atoms with Crippen molar-refractivity contribution < 1.29 is 27.5 Å². The average Bonchev–Trinajstić information content (AvgIpc) is 3.95. The molecule has 0 aliphatic heterocycles. The SMILES string of the molecule is CCCCC(CC)COc1c2cc(C(C)(C)C)oc2c(OCC(CC)CCCC)c2cc(-c3sc(C(C)(C)C)c4c(F)c(C(=O)C(CC)CCCC)sc34)oc12. The monoisotopic (exact) mass is 808 g/mol. The van der Waals surface area contributed by atoms with Crippen LogP contribution in [0.4, 0.5) is 4.39 Å². The van der Waals surface area contributed by atoms with E-state index >= 15 is 4.39 Å². The maximum atomic E-state index is 16.7. The topological polar surface area (TPSA) is 61.8 Å². The first-order valence-electron chi connectivity index (χ1n) is 21.7. The summed E-state index contributed by atoms with van der Waals surface area (Å²) in [5.74, 6) is 2.97. The molecule has 0 aliphatic rings. The maximum Gasteiger partial charge on any atom is 0.181 e. The molecule has 0 saturated heterocycles. The minimum Gasteiger partial charge on any atom is -0.489 e. The van der Waals surface area contributed by atoms with E-state index in [1.54, 1.807) is 11.3 Å². The first kappa shape index (κ1) is 44.3. The quantitative estimate of drug-likeness (QED) is 0.0691. The van der Waals surface area contributed by atoms with E-state index in [0.29, 0.717) is 65.3 Å². The van der Waals surface area contributed by atoms with E-state index in [2.05, 4.69) is 82.2 Å². The molecule has 0 aliphatic carbocycles. The van der Waals surface area contributed by atoms with Crippen LogP contribution < -0.4 is 9.47 Å². The molecule has 0 spiro atoms. The maximum absolute atomic E-state index is 16.7. The van der Waals surface area contributed by atoms with Crippen LogP contribution in [0, 0.1) is 23.6 Å². The number of unbranched alkanes of at least 4 members (excludes halogenated alkanes) is 3. The Labute approximate surface area is 344 Å². The molecular formula is C48H69FO5S2. The summed E-state index contributed by atoms with van der Waals surface area (Å²) in [6, 6.07) is 4.15. The summed E-state index contributed by atoms with van der Waals surface area (Å²) < 4.78 is 45.0. The lowest BCUT2D eigenvalue weighted by molar-refractivity contribution is 0.0909. The van der Waals surface area contributed by atoms with Crippen molar-refractivity contribution in [1.82, 2.24) is 0 Å². The van der Waals surface area contributed by atoms with Crippen LogP contribution in [0.5, 0.6) is 11.5 Å². The molecule has 5 aromatic rings. The van der Waals surface area contributed by atoms with Crippen LogP contribution >= 0.6 is 22.7 Å². The van der Waals surface area contributed by atoms with E-state index in [-0.39, 0.29) is 33.2 Å². The Bertz CT molecular complexity index is 1990. The molecule has 56 heavy (non-hydrogen) atoms. The summed E-state index contributed by atoms with van der Waals surface area (Å²) in [5.41, 5.74) is 0.705. The molecular weight excluding hydrogens is 740 g/mol. The summed E-state index contributed by atoms with van der Waals surface area (Å²) >= 11 is 2.85. The second-order valence-electron chi connectivity index (χ2n) is 18.1. The first-order chi connectivity index (χ1) is 26.6. The van der Waals surface area contributed by atoms with Crippen LogP contribution in [0.1, 0.15) is 180 Å². The van der Waals surface area contributed by atoms with Crippen molar-refractivity contribution in [2.45, 2.75) is 171 Å². The lowest BCUT2D eigenvalue weighted by atomic mass is 9.91. The van der Waals surface area contributed by atoms with Gasteiger partial charge in [-0.25, -0.2) is 4.39 Å². The number of ketones is 1. The fourth-order valence-electron chi connectivity index (χ4n) is 7.65. The van der Waals surface area contributed by atoms with Crippen LogP contribution in [0.2, 0.25) is 0 Å². The number of carbonyl (C=O) groups is 1. The van der Waals surface area contributed by atoms with Crippen LogP contribution in [0.25, 0.3) is 42.7 Å². The van der Waals surface area contributed by atoms with Gasteiger partial charge in [0.25, 0.3) is 0 Å². The van der Waals surface area contributed by atoms with E-state index in [1.165, 1.54) is 11.3 Å². The van der Waals surface area contributed by atoms with Crippen molar-refractivity contribution in [3.05, 3.63) is 33.5 Å². The molecule has 4 aromatic heterocycles. The van der Waals surface area contributed by atoms with Gasteiger partial charge in [-0.2, -0.15) is 0 Å². The molecule has 5 rings (SSSR count). The molecule has 0 N–H and O–H groups in total. The van der Waals surface area contributed by atoms with E-state index in [4.69, 9.17) is 18.3 Å². The lowest BCUT2D eigenvalue weighted by Gasteiger charge is -2.18. The summed E-state index contributed by atoms with van der Waals surface area (Å²) in [7, 11) is 0. The number of thiophene rings is 2. The van der Waals surface area contributed by atoms with Gasteiger partial charge in [0.1, 0.15) is 16.4 Å². The molecule has 0 saturated carbocycles. The van der Waals surface area contributed by atoms with Gasteiger partial charge in [-0.15, -0.1) is 22.7 Å². The number of benzene rings is 1. The zero-order chi connectivity index (χ0) is 40.9. The number of hydrogen-bond donors (Lipinski definition) is 0. The van der Waals surface area contributed by atoms with Gasteiger partial charge in [-0.3, -0.25) is 4.79 Å². The van der Waals surface area contributed by atoms with Gasteiger partial charge in [0.15, 0.2) is 34.3 Å². The minimum atomic E-state index is -0.385. The number of rotatable bonds is 21. The minimum absolute atomic E-state index is 0.0800. The first-order valence-corrected chi connectivity index (χ1v) is 23.3. The van der Waals surface area contributed by atoms with E-state index < -0.39 is 0 Å². The predicted molar refractivity (Wildman–Crippen MR) is 237 cm³/mol. The smallest absolute Gasteiger partial charge is 0.181 e. The number of halogens is 1. The zero-order valence-electron chi connectivity index (χ0n) is 36.5. The van der Waals surface area contributed by atoms with Gasteiger partial charge >= 0.3 is 0 Å². The van der Waals surface area contributed by atoms with Crippen molar-refractivity contribution in [1.29, 1.82) is 0 Å². The van der Waals surface area contributed by atoms with Gasteiger partial charge in [0.2, 0.25) is 0 Å². The highest BCUT2D eigenvalue weighted by atomic mass is 32.1. The molecule has 8 heteroatoms. The van der Waals surface area contributed by atoms with Gasteiger partial charge < -0.3 is 18.3 Å². The molecule has 0 bridgehead atoms. The molecule has 3 atom stereocenters. The number of furan rings is 2. The van der Waals surface area contributed by atoms with Crippen molar-refractivity contribution in [3.63, 3.8) is 0 Å². The largest absolute Gasteiger partial charge is 0.489 e. The summed E-state index contributed by atoms with van der Waals surface area (Å²) in [5, 5.41) is 2.20. The summed E-state index contributed by atoms with van der Waals surface area (Å²) in [6.07, 6.45) is 12.3. The lowest BCUT2D eigenvalue weighted by Crippen LogP contribution is -2.14. The molecule has 310 valence electrons. The van der Waals surface area contributed by atoms with Gasteiger partial charge in [0.05, 0.1) is 33.6 Å². The highest BCUT2D eigenvalue weighted by molar-refractivity contribution is 7.27. The molecule has 0 radical (unpaired) electrons. The van der Waals surface area contributed by atoms with Crippen molar-refractivity contribution in [2.24, 2.45) is 17.8 Å². The Morgan fingerprint density at radius 2 is 1.25 bits per heavy atom. The third-order valence-corrected chi connectivity index (χ3v) is 14.5. The van der Waals surface area contributed by atoms with Crippen molar-refractivity contribution >= 4 is 60.5 Å². The third kappa shape index (κ3) is 9.38. The zero-order valence-corrected chi connectivity index (χ0v) is 38.2. The van der Waals surface area contributed by atoms with Gasteiger partial charge in [-0.05, 0) is 55.1 Å². The number of Topliss-reactive ketones (excluding diaryl/α,β-unsaturated/α-hetero) is 1. The van der Waals surface area contributed by atoms with Crippen LogP contribution in [-0.4, -0.2) is 19.0 Å². The Kier molecular flexibility index (Phi) is 14.9. The molecule has 3 unspecified atom stereocenters. The van der Waals surface area contributed by atoms with E-state index in [9.17, 15) is 4.79 Å². The Balaban J connectivity index is 1.77. The normalized spacial score (nSPS) is 14.3. The summed E-state index contributed by atoms with van der Waals surface area (Å²) in [4.78, 5) is 15.9. The van der Waals surface area contributed by atoms with Crippen LogP contribution in [0.3, 0.4) is 0 Å². The number of carbonyl (C=O) groups excluding carboxylic acids is 1. The average molecular weight is 809 g/mol. The Hall–Kier alpha value is -2.84. The number of hydrogen-bond acceptors (Lipinski definition) is 7. The second kappa shape index (κ2) is 18.8. The number of ether oxygens (including phenoxy) is 2. The molecule has 0 fully saturated rings. The standard InChI is InChI=1S/C48H69FO5S2/c1-13-19-22-29(16-4)27-51-39-32-25-34(43-44-36(46(56-43)48(10,11)12)37(49)45(55-44)38(50)31(18-6)24-21-15-3)53-41(32)40(52-28-30(17-5)23-20-14-2)33-26-35(47(7,8)9)54-42(33)39/h25-26,29-31H,13-24,27-28H2,1-12H3. The van der Waals surface area contributed by atoms with Crippen LogP contribution in [0.15, 0.2) is 21.0 Å². The van der Waals surface area contributed by atoms with E-state index in [0.717, 1.165) is 102 Å². The van der Waals surface area contributed by atoms with E-state index in [1.807, 2.05) is 13.0 Å². The summed E-state index contributed by atoms with van der Waals surface area (Å²) in [6.45, 7) is 27.0. The van der Waals surface area contributed by atoms with Crippen LogP contribution in [-0.2, 0) is 10.8 Å². The van der Waals surface area contributed by atoms with Gasteiger partial charge in [-0.1, -0.05) is 134 Å². The highest BCUT2D eigenvalue weighted by Gasteiger charge is 2.34. The molecule has 0 amide bonds. The third-order valence-electron chi connectivity index (χ3n) is 11.5. The fraction of sp³-hybridized carbons (Fsp3) is 0.646. The second-order valence-corrected chi connectivity index (χ2v) is 20.2.